The van der Waals surface area contributed by atoms with E-state index in [9.17, 15) is 10.1 Å². The highest BCUT2D eigenvalue weighted by Gasteiger charge is 2.24. The number of carbonyl (C=O) groups is 1. The molecule has 110 valence electrons. The van der Waals surface area contributed by atoms with E-state index in [4.69, 9.17) is 5.73 Å². The fourth-order valence-electron chi connectivity index (χ4n) is 1.96. The Morgan fingerprint density at radius 2 is 2.10 bits per heavy atom. The molecule has 1 rings (SSSR count). The summed E-state index contributed by atoms with van der Waals surface area (Å²) in [6.07, 6.45) is 2.15. The minimum atomic E-state index is -0.110. The second-order valence-electron chi connectivity index (χ2n) is 5.09. The van der Waals surface area contributed by atoms with Crippen LogP contribution in [-0.4, -0.2) is 18.9 Å². The number of Topliss-reactive ketones (excluding diaryl/α,β-unsaturated/α-hetero) is 1. The fraction of sp³-hybridized carbons (Fsp3) is 0.600. The minimum absolute atomic E-state index is 0.0156. The molecule has 0 saturated carbocycles. The number of nitrogens with two attached hydrogens (primary N) is 1. The van der Waals surface area contributed by atoms with Crippen LogP contribution < -0.4 is 10.6 Å². The molecule has 0 saturated heterocycles. The Hall–Kier alpha value is -1.54. The lowest BCUT2D eigenvalue weighted by molar-refractivity contribution is 0.0944. The van der Waals surface area contributed by atoms with E-state index in [0.29, 0.717) is 16.1 Å². The van der Waals surface area contributed by atoms with Crippen molar-refractivity contribution in [2.75, 3.05) is 23.7 Å². The molecule has 1 aromatic rings. The highest BCUT2D eigenvalue weighted by atomic mass is 32.1. The number of thiophene rings is 1. The Morgan fingerprint density at radius 3 is 2.55 bits per heavy atom. The average Bonchev–Trinajstić information content (AvgIpc) is 2.75. The Balaban J connectivity index is 3.23. The van der Waals surface area contributed by atoms with Crippen molar-refractivity contribution in [2.45, 2.75) is 40.5 Å². The van der Waals surface area contributed by atoms with Gasteiger partial charge in [-0.25, -0.2) is 0 Å². The van der Waals surface area contributed by atoms with E-state index in [0.717, 1.165) is 30.9 Å². The fourth-order valence-corrected chi connectivity index (χ4v) is 3.31. The lowest BCUT2D eigenvalue weighted by Gasteiger charge is -2.21. The van der Waals surface area contributed by atoms with Crippen LogP contribution >= 0.6 is 11.3 Å². The van der Waals surface area contributed by atoms with Crippen molar-refractivity contribution in [3.8, 4) is 6.07 Å². The van der Waals surface area contributed by atoms with Gasteiger partial charge in [-0.1, -0.05) is 27.2 Å². The molecule has 0 amide bonds. The number of ketones is 1. The normalized spacial score (nSPS) is 10.6. The molecule has 4 nitrogen and oxygen atoms in total. The van der Waals surface area contributed by atoms with Crippen molar-refractivity contribution in [2.24, 2.45) is 5.92 Å². The molecule has 0 unspecified atom stereocenters. The van der Waals surface area contributed by atoms with Crippen LogP contribution in [0.3, 0.4) is 0 Å². The van der Waals surface area contributed by atoms with E-state index in [1.165, 1.54) is 11.3 Å². The number of anilines is 2. The highest BCUT2D eigenvalue weighted by molar-refractivity contribution is 7.19. The Morgan fingerprint density at radius 1 is 1.45 bits per heavy atom. The van der Waals surface area contributed by atoms with Crippen molar-refractivity contribution in [1.82, 2.24) is 0 Å². The highest BCUT2D eigenvalue weighted by Crippen LogP contribution is 2.39. The molecule has 5 heteroatoms. The molecule has 20 heavy (non-hydrogen) atoms. The van der Waals surface area contributed by atoms with Gasteiger partial charge in [0.2, 0.25) is 0 Å². The van der Waals surface area contributed by atoms with Gasteiger partial charge in [-0.15, -0.1) is 11.3 Å². The summed E-state index contributed by atoms with van der Waals surface area (Å²) in [6, 6.07) is 2.16. The van der Waals surface area contributed by atoms with Crippen molar-refractivity contribution < 1.29 is 4.79 Å². The molecule has 0 aliphatic rings. The van der Waals surface area contributed by atoms with Crippen molar-refractivity contribution >= 4 is 27.8 Å². The standard InChI is InChI=1S/C15H23N3OS/c1-5-7-8-18(6-2)15-11(9-16)12(17)14(20-15)13(19)10(3)4/h10H,5-8,17H2,1-4H3. The maximum Gasteiger partial charge on any atom is 0.177 e. The Kier molecular flexibility index (Phi) is 6.03. The molecule has 0 spiro atoms. The molecule has 0 aromatic carbocycles. The van der Waals surface area contributed by atoms with Crippen LogP contribution in [0.5, 0.6) is 0 Å². The van der Waals surface area contributed by atoms with Crippen molar-refractivity contribution in [3.05, 3.63) is 10.4 Å². The van der Waals surface area contributed by atoms with Crippen LogP contribution in [-0.2, 0) is 0 Å². The first-order chi connectivity index (χ1) is 9.47. The summed E-state index contributed by atoms with van der Waals surface area (Å²) in [7, 11) is 0. The van der Waals surface area contributed by atoms with Crippen LogP contribution in [0.2, 0.25) is 0 Å². The first-order valence-corrected chi connectivity index (χ1v) is 7.90. The third kappa shape index (κ3) is 3.31. The van der Waals surface area contributed by atoms with Crippen LogP contribution in [0.4, 0.5) is 10.7 Å². The number of nitrogen functional groups attached to an aromatic ring is 1. The zero-order valence-corrected chi connectivity index (χ0v) is 13.5. The second kappa shape index (κ2) is 7.30. The van der Waals surface area contributed by atoms with Gasteiger partial charge in [-0.3, -0.25) is 4.79 Å². The molecule has 2 N–H and O–H groups in total. The zero-order valence-electron chi connectivity index (χ0n) is 12.7. The summed E-state index contributed by atoms with van der Waals surface area (Å²) in [5.74, 6) is -0.0946. The van der Waals surface area contributed by atoms with Crippen LogP contribution in [0.1, 0.15) is 55.8 Å². The number of carbonyl (C=O) groups excluding carboxylic acids is 1. The van der Waals surface area contributed by atoms with Gasteiger partial charge in [0.05, 0.1) is 10.6 Å². The largest absolute Gasteiger partial charge is 0.396 e. The average molecular weight is 293 g/mol. The zero-order chi connectivity index (χ0) is 15.3. The number of unbranched alkanes of at least 4 members (excludes halogenated alkanes) is 1. The topological polar surface area (TPSA) is 70.1 Å². The van der Waals surface area contributed by atoms with E-state index in [1.54, 1.807) is 0 Å². The molecule has 0 aliphatic carbocycles. The molecule has 0 bridgehead atoms. The van der Waals surface area contributed by atoms with Crippen molar-refractivity contribution in [1.29, 1.82) is 5.26 Å². The summed E-state index contributed by atoms with van der Waals surface area (Å²) in [4.78, 5) is 14.8. The number of nitriles is 1. The van der Waals surface area contributed by atoms with E-state index in [2.05, 4.69) is 24.8 Å². The predicted molar refractivity (Wildman–Crippen MR) is 85.4 cm³/mol. The Labute approximate surface area is 125 Å². The van der Waals surface area contributed by atoms with Crippen molar-refractivity contribution in [3.63, 3.8) is 0 Å². The van der Waals surface area contributed by atoms with Gasteiger partial charge in [0.25, 0.3) is 0 Å². The number of rotatable bonds is 7. The molecular weight excluding hydrogens is 270 g/mol. The minimum Gasteiger partial charge on any atom is -0.396 e. The quantitative estimate of drug-likeness (QED) is 0.779. The first-order valence-electron chi connectivity index (χ1n) is 7.09. The summed E-state index contributed by atoms with van der Waals surface area (Å²) >= 11 is 1.36. The Bertz CT molecular complexity index is 514. The first kappa shape index (κ1) is 16.5. The van der Waals surface area contributed by atoms with E-state index in [-0.39, 0.29) is 11.7 Å². The third-order valence-electron chi connectivity index (χ3n) is 3.24. The predicted octanol–water partition coefficient (Wildman–Crippen LogP) is 3.67. The molecule has 0 radical (unpaired) electrons. The monoisotopic (exact) mass is 293 g/mol. The van der Waals surface area contributed by atoms with Crippen LogP contribution in [0, 0.1) is 17.2 Å². The van der Waals surface area contributed by atoms with Gasteiger partial charge in [0, 0.05) is 19.0 Å². The molecule has 0 aliphatic heterocycles. The second-order valence-corrected chi connectivity index (χ2v) is 6.09. The smallest absolute Gasteiger partial charge is 0.177 e. The maximum absolute atomic E-state index is 12.2. The summed E-state index contributed by atoms with van der Waals surface area (Å²) < 4.78 is 0. The van der Waals surface area contributed by atoms with Gasteiger partial charge >= 0.3 is 0 Å². The third-order valence-corrected chi connectivity index (χ3v) is 4.52. The lowest BCUT2D eigenvalue weighted by Crippen LogP contribution is -2.23. The number of nitrogens with zero attached hydrogens (tertiary/aromatic N) is 2. The van der Waals surface area contributed by atoms with Gasteiger partial charge in [-0.05, 0) is 13.3 Å². The molecule has 0 atom stereocenters. The van der Waals surface area contributed by atoms with Crippen LogP contribution in [0.15, 0.2) is 0 Å². The SMILES string of the molecule is CCCCN(CC)c1sc(C(=O)C(C)C)c(N)c1C#N. The van der Waals surface area contributed by atoms with E-state index in [1.807, 2.05) is 13.8 Å². The van der Waals surface area contributed by atoms with E-state index >= 15 is 0 Å². The van der Waals surface area contributed by atoms with Gasteiger partial charge < -0.3 is 10.6 Å². The summed E-state index contributed by atoms with van der Waals surface area (Å²) in [5.41, 5.74) is 6.82. The van der Waals surface area contributed by atoms with Gasteiger partial charge in [0.15, 0.2) is 5.78 Å². The molecular formula is C15H23N3OS. The van der Waals surface area contributed by atoms with Gasteiger partial charge in [0.1, 0.15) is 16.6 Å². The maximum atomic E-state index is 12.2. The summed E-state index contributed by atoms with van der Waals surface area (Å²) in [5, 5.41) is 10.2. The van der Waals surface area contributed by atoms with Gasteiger partial charge in [-0.2, -0.15) is 5.26 Å². The molecule has 1 heterocycles. The lowest BCUT2D eigenvalue weighted by atomic mass is 10.1. The number of hydrogen-bond donors (Lipinski definition) is 1. The van der Waals surface area contributed by atoms with E-state index < -0.39 is 0 Å². The molecule has 0 fully saturated rings. The number of hydrogen-bond acceptors (Lipinski definition) is 5. The molecule has 1 aromatic heterocycles. The van der Waals surface area contributed by atoms with Crippen LogP contribution in [0.25, 0.3) is 0 Å². The summed E-state index contributed by atoms with van der Waals surface area (Å²) in [6.45, 7) is 9.58.